The zero-order chi connectivity index (χ0) is 13.8. The average molecular weight is 254 g/mol. The summed E-state index contributed by atoms with van der Waals surface area (Å²) in [5, 5.41) is 11.7. The number of nitrogen functional groups attached to an aromatic ring is 1. The molecule has 0 aliphatic rings. The first kappa shape index (κ1) is 12.7. The number of nitrogens with zero attached hydrogens (tertiary/aromatic N) is 2. The standard InChI is InChI=1S/C14H14N4O/c1-10(18-8-2-3-13(18)9-15)14(19)17-12-6-4-11(16)5-7-12/h2-8,10H,16H2,1H3,(H,17,19). The van der Waals surface area contributed by atoms with E-state index < -0.39 is 6.04 Å². The van der Waals surface area contributed by atoms with Crippen LogP contribution in [-0.4, -0.2) is 10.5 Å². The summed E-state index contributed by atoms with van der Waals surface area (Å²) in [5.41, 5.74) is 7.36. The number of aromatic nitrogens is 1. The Morgan fingerprint density at radius 2 is 2.05 bits per heavy atom. The lowest BCUT2D eigenvalue weighted by Gasteiger charge is -2.15. The van der Waals surface area contributed by atoms with Gasteiger partial charge in [-0.1, -0.05) is 0 Å². The van der Waals surface area contributed by atoms with Crippen molar-refractivity contribution < 1.29 is 4.79 Å². The molecule has 5 heteroatoms. The molecule has 1 aromatic heterocycles. The van der Waals surface area contributed by atoms with Gasteiger partial charge in [-0.3, -0.25) is 4.79 Å². The maximum absolute atomic E-state index is 12.1. The van der Waals surface area contributed by atoms with Crippen molar-refractivity contribution in [3.8, 4) is 6.07 Å². The van der Waals surface area contributed by atoms with E-state index in [1.165, 1.54) is 0 Å². The van der Waals surface area contributed by atoms with Gasteiger partial charge in [0.1, 0.15) is 17.8 Å². The predicted molar refractivity (Wildman–Crippen MR) is 73.3 cm³/mol. The molecular formula is C14H14N4O. The van der Waals surface area contributed by atoms with Crippen LogP contribution in [0.1, 0.15) is 18.7 Å². The smallest absolute Gasteiger partial charge is 0.247 e. The van der Waals surface area contributed by atoms with Gasteiger partial charge in [-0.05, 0) is 43.3 Å². The van der Waals surface area contributed by atoms with Gasteiger partial charge in [-0.15, -0.1) is 0 Å². The van der Waals surface area contributed by atoms with Crippen molar-refractivity contribution in [2.24, 2.45) is 0 Å². The van der Waals surface area contributed by atoms with Crippen molar-refractivity contribution >= 4 is 17.3 Å². The first-order valence-electron chi connectivity index (χ1n) is 5.85. The van der Waals surface area contributed by atoms with Crippen molar-refractivity contribution in [1.29, 1.82) is 5.26 Å². The van der Waals surface area contributed by atoms with Gasteiger partial charge in [0.2, 0.25) is 5.91 Å². The van der Waals surface area contributed by atoms with Gasteiger partial charge >= 0.3 is 0 Å². The van der Waals surface area contributed by atoms with Crippen molar-refractivity contribution in [2.75, 3.05) is 11.1 Å². The van der Waals surface area contributed by atoms with Crippen molar-refractivity contribution in [3.05, 3.63) is 48.3 Å². The van der Waals surface area contributed by atoms with Crippen molar-refractivity contribution in [1.82, 2.24) is 4.57 Å². The minimum absolute atomic E-state index is 0.183. The second kappa shape index (κ2) is 5.27. The van der Waals surface area contributed by atoms with Gasteiger partial charge in [-0.25, -0.2) is 0 Å². The summed E-state index contributed by atoms with van der Waals surface area (Å²) in [6.45, 7) is 1.74. The average Bonchev–Trinajstić information content (AvgIpc) is 2.88. The van der Waals surface area contributed by atoms with E-state index in [0.29, 0.717) is 17.1 Å². The van der Waals surface area contributed by atoms with Crippen LogP contribution in [0.5, 0.6) is 0 Å². The zero-order valence-electron chi connectivity index (χ0n) is 10.5. The number of rotatable bonds is 3. The number of hydrogen-bond donors (Lipinski definition) is 2. The minimum Gasteiger partial charge on any atom is -0.399 e. The summed E-state index contributed by atoms with van der Waals surface area (Å²) in [6.07, 6.45) is 1.71. The second-order valence-electron chi connectivity index (χ2n) is 4.20. The topological polar surface area (TPSA) is 83.8 Å². The predicted octanol–water partition coefficient (Wildman–Crippen LogP) is 2.14. The summed E-state index contributed by atoms with van der Waals surface area (Å²) in [6, 6.07) is 11.9. The summed E-state index contributed by atoms with van der Waals surface area (Å²) >= 11 is 0. The number of anilines is 2. The SMILES string of the molecule is CC(C(=O)Nc1ccc(N)cc1)n1cccc1C#N. The van der Waals surface area contributed by atoms with Crippen LogP contribution in [0.3, 0.4) is 0 Å². The molecule has 96 valence electrons. The van der Waals surface area contributed by atoms with Crippen LogP contribution in [0.25, 0.3) is 0 Å². The third-order valence-corrected chi connectivity index (χ3v) is 2.87. The Morgan fingerprint density at radius 3 is 2.68 bits per heavy atom. The molecule has 3 N–H and O–H groups in total. The third-order valence-electron chi connectivity index (χ3n) is 2.87. The molecule has 0 aliphatic carbocycles. The van der Waals surface area contributed by atoms with Gasteiger partial charge in [-0.2, -0.15) is 5.26 Å². The van der Waals surface area contributed by atoms with Crippen LogP contribution in [0.2, 0.25) is 0 Å². The molecule has 0 saturated carbocycles. The van der Waals surface area contributed by atoms with Gasteiger partial charge in [0, 0.05) is 17.6 Å². The highest BCUT2D eigenvalue weighted by Crippen LogP contribution is 2.15. The van der Waals surface area contributed by atoms with Crippen LogP contribution < -0.4 is 11.1 Å². The van der Waals surface area contributed by atoms with Crippen LogP contribution >= 0.6 is 0 Å². The number of nitriles is 1. The molecule has 5 nitrogen and oxygen atoms in total. The van der Waals surface area contributed by atoms with E-state index in [-0.39, 0.29) is 5.91 Å². The lowest BCUT2D eigenvalue weighted by molar-refractivity contribution is -0.118. The molecule has 1 amide bonds. The highest BCUT2D eigenvalue weighted by atomic mass is 16.2. The van der Waals surface area contributed by atoms with E-state index in [2.05, 4.69) is 5.32 Å². The fourth-order valence-corrected chi connectivity index (χ4v) is 1.77. The second-order valence-corrected chi connectivity index (χ2v) is 4.20. The Morgan fingerprint density at radius 1 is 1.37 bits per heavy atom. The van der Waals surface area contributed by atoms with E-state index in [4.69, 9.17) is 11.0 Å². The Balaban J connectivity index is 2.12. The number of nitrogens with one attached hydrogen (secondary N) is 1. The molecule has 1 aromatic carbocycles. The number of nitrogens with two attached hydrogens (primary N) is 1. The maximum atomic E-state index is 12.1. The van der Waals surface area contributed by atoms with Crippen molar-refractivity contribution in [3.63, 3.8) is 0 Å². The van der Waals surface area contributed by atoms with Crippen molar-refractivity contribution in [2.45, 2.75) is 13.0 Å². The summed E-state index contributed by atoms with van der Waals surface area (Å²) in [5.74, 6) is -0.183. The number of benzene rings is 1. The van der Waals surface area contributed by atoms with Gasteiger partial charge in [0.25, 0.3) is 0 Å². The maximum Gasteiger partial charge on any atom is 0.247 e. The monoisotopic (exact) mass is 254 g/mol. The van der Waals surface area contributed by atoms with Gasteiger partial charge < -0.3 is 15.6 Å². The lowest BCUT2D eigenvalue weighted by Crippen LogP contribution is -2.23. The molecule has 2 aromatic rings. The molecule has 0 spiro atoms. The molecule has 1 atom stereocenters. The molecule has 19 heavy (non-hydrogen) atoms. The largest absolute Gasteiger partial charge is 0.399 e. The quantitative estimate of drug-likeness (QED) is 0.823. The fraction of sp³-hybridized carbons (Fsp3) is 0.143. The van der Waals surface area contributed by atoms with Gasteiger partial charge in [0.15, 0.2) is 0 Å². The van der Waals surface area contributed by atoms with Crippen LogP contribution in [0, 0.1) is 11.3 Å². The molecule has 0 fully saturated rings. The number of carbonyl (C=O) groups excluding carboxylic acids is 1. The molecule has 0 saturated heterocycles. The number of amides is 1. The fourth-order valence-electron chi connectivity index (χ4n) is 1.77. The first-order chi connectivity index (χ1) is 9.11. The minimum atomic E-state index is -0.456. The van der Waals surface area contributed by atoms with Gasteiger partial charge in [0.05, 0.1) is 0 Å². The highest BCUT2D eigenvalue weighted by molar-refractivity contribution is 5.93. The van der Waals surface area contributed by atoms with Crippen LogP contribution in [0.4, 0.5) is 11.4 Å². The van der Waals surface area contributed by atoms with Crippen LogP contribution in [0.15, 0.2) is 42.6 Å². The molecule has 1 unspecified atom stereocenters. The molecule has 1 heterocycles. The van der Waals surface area contributed by atoms with E-state index in [1.807, 2.05) is 6.07 Å². The first-order valence-corrected chi connectivity index (χ1v) is 5.85. The lowest BCUT2D eigenvalue weighted by atomic mass is 10.2. The summed E-state index contributed by atoms with van der Waals surface area (Å²) in [4.78, 5) is 12.1. The van der Waals surface area contributed by atoms with E-state index in [1.54, 1.807) is 54.1 Å². The Hall–Kier alpha value is -2.74. The van der Waals surface area contributed by atoms with Crippen LogP contribution in [-0.2, 0) is 4.79 Å². The molecule has 0 aliphatic heterocycles. The zero-order valence-corrected chi connectivity index (χ0v) is 10.5. The summed E-state index contributed by atoms with van der Waals surface area (Å²) < 4.78 is 1.63. The highest BCUT2D eigenvalue weighted by Gasteiger charge is 2.16. The summed E-state index contributed by atoms with van der Waals surface area (Å²) in [7, 11) is 0. The molecule has 0 bridgehead atoms. The molecule has 0 radical (unpaired) electrons. The number of carbonyl (C=O) groups is 1. The Labute approximate surface area is 111 Å². The number of hydrogen-bond acceptors (Lipinski definition) is 3. The molecule has 2 rings (SSSR count). The molecular weight excluding hydrogens is 240 g/mol. The van der Waals surface area contributed by atoms with E-state index in [0.717, 1.165) is 0 Å². The Kier molecular flexibility index (Phi) is 3.53. The Bertz CT molecular complexity index is 622. The van der Waals surface area contributed by atoms with E-state index >= 15 is 0 Å². The van der Waals surface area contributed by atoms with E-state index in [9.17, 15) is 4.79 Å². The third kappa shape index (κ3) is 2.75. The normalized spacial score (nSPS) is 11.6.